The van der Waals surface area contributed by atoms with Crippen LogP contribution in [0.3, 0.4) is 0 Å². The van der Waals surface area contributed by atoms with Gasteiger partial charge in [-0.15, -0.1) is 12.4 Å². The lowest BCUT2D eigenvalue weighted by molar-refractivity contribution is 0.0793. The Morgan fingerprint density at radius 3 is 2.94 bits per heavy atom. The number of likely N-dealkylation sites (N-methyl/N-ethyl adjacent to an activating group) is 1. The van der Waals surface area contributed by atoms with Crippen LogP contribution in [0.1, 0.15) is 18.4 Å². The van der Waals surface area contributed by atoms with E-state index >= 15 is 0 Å². The molecule has 1 atom stereocenters. The zero-order valence-corrected chi connectivity index (χ0v) is 11.1. The second kappa shape index (κ2) is 6.84. The van der Waals surface area contributed by atoms with Crippen molar-refractivity contribution < 1.29 is 4.74 Å². The molecule has 17 heavy (non-hydrogen) atoms. The Morgan fingerprint density at radius 2 is 2.29 bits per heavy atom. The van der Waals surface area contributed by atoms with E-state index in [9.17, 15) is 0 Å². The van der Waals surface area contributed by atoms with Gasteiger partial charge in [-0.2, -0.15) is 0 Å². The second-order valence-electron chi connectivity index (χ2n) is 4.58. The minimum Gasteiger partial charge on any atom is -0.399 e. The first-order valence-electron chi connectivity index (χ1n) is 5.88. The number of nitrogens with two attached hydrogens (primary N) is 1. The highest BCUT2D eigenvalue weighted by Crippen LogP contribution is 2.14. The van der Waals surface area contributed by atoms with Crippen LogP contribution in [-0.2, 0) is 11.3 Å². The molecular formula is C13H21ClN2O. The molecule has 1 saturated heterocycles. The van der Waals surface area contributed by atoms with E-state index in [4.69, 9.17) is 10.5 Å². The minimum atomic E-state index is 0. The van der Waals surface area contributed by atoms with E-state index in [2.05, 4.69) is 18.0 Å². The average molecular weight is 257 g/mol. The number of hydrogen-bond donors (Lipinski definition) is 1. The summed E-state index contributed by atoms with van der Waals surface area (Å²) in [5, 5.41) is 0. The van der Waals surface area contributed by atoms with Gasteiger partial charge < -0.3 is 10.5 Å². The van der Waals surface area contributed by atoms with E-state index in [1.54, 1.807) is 0 Å². The Bertz CT molecular complexity index is 340. The minimum absolute atomic E-state index is 0. The first-order chi connectivity index (χ1) is 7.74. The topological polar surface area (TPSA) is 38.5 Å². The Labute approximate surface area is 109 Å². The molecule has 0 aliphatic carbocycles. The molecule has 0 saturated carbocycles. The van der Waals surface area contributed by atoms with Crippen molar-refractivity contribution in [1.29, 1.82) is 0 Å². The molecule has 2 rings (SSSR count). The molecule has 0 spiro atoms. The molecule has 1 heterocycles. The van der Waals surface area contributed by atoms with Gasteiger partial charge in [0.05, 0.1) is 6.10 Å². The molecule has 1 aromatic rings. The molecule has 1 aliphatic heterocycles. The van der Waals surface area contributed by atoms with E-state index in [1.165, 1.54) is 18.4 Å². The Balaban J connectivity index is 0.00000144. The fourth-order valence-electron chi connectivity index (χ4n) is 2.20. The van der Waals surface area contributed by atoms with Crippen LogP contribution in [0.4, 0.5) is 5.69 Å². The number of rotatable bonds is 4. The summed E-state index contributed by atoms with van der Waals surface area (Å²) in [5.41, 5.74) is 7.86. The fraction of sp³-hybridized carbons (Fsp3) is 0.538. The Morgan fingerprint density at radius 1 is 1.47 bits per heavy atom. The highest BCUT2D eigenvalue weighted by molar-refractivity contribution is 5.85. The smallest absolute Gasteiger partial charge is 0.0702 e. The zero-order chi connectivity index (χ0) is 11.4. The molecule has 0 radical (unpaired) electrons. The summed E-state index contributed by atoms with van der Waals surface area (Å²) >= 11 is 0. The predicted molar refractivity (Wildman–Crippen MR) is 73.4 cm³/mol. The van der Waals surface area contributed by atoms with Crippen LogP contribution in [0, 0.1) is 0 Å². The number of nitrogen functional groups attached to an aromatic ring is 1. The summed E-state index contributed by atoms with van der Waals surface area (Å²) in [4.78, 5) is 2.30. The molecule has 0 amide bonds. The molecule has 1 aromatic carbocycles. The molecule has 2 N–H and O–H groups in total. The van der Waals surface area contributed by atoms with Gasteiger partial charge in [0.15, 0.2) is 0 Å². The van der Waals surface area contributed by atoms with Crippen molar-refractivity contribution in [2.75, 3.05) is 25.9 Å². The largest absolute Gasteiger partial charge is 0.399 e. The van der Waals surface area contributed by atoms with Crippen molar-refractivity contribution in [3.05, 3.63) is 29.8 Å². The molecular weight excluding hydrogens is 236 g/mol. The molecule has 1 unspecified atom stereocenters. The maximum Gasteiger partial charge on any atom is 0.0702 e. The molecule has 0 aromatic heterocycles. The number of ether oxygens (including phenoxy) is 1. The first kappa shape index (κ1) is 14.3. The van der Waals surface area contributed by atoms with E-state index < -0.39 is 0 Å². The standard InChI is InChI=1S/C13H20N2O.ClH/c1-15(10-13-6-3-7-16-13)9-11-4-2-5-12(14)8-11;/h2,4-5,8,13H,3,6-7,9-10,14H2,1H3;1H. The van der Waals surface area contributed by atoms with Crippen molar-refractivity contribution >= 4 is 18.1 Å². The van der Waals surface area contributed by atoms with Gasteiger partial charge in [0, 0.05) is 25.4 Å². The predicted octanol–water partition coefficient (Wildman–Crippen LogP) is 2.30. The maximum atomic E-state index is 5.75. The molecule has 1 fully saturated rings. The van der Waals surface area contributed by atoms with Crippen molar-refractivity contribution in [1.82, 2.24) is 4.90 Å². The molecule has 0 bridgehead atoms. The average Bonchev–Trinajstić information content (AvgIpc) is 2.70. The van der Waals surface area contributed by atoms with Crippen molar-refractivity contribution in [2.45, 2.75) is 25.5 Å². The molecule has 3 nitrogen and oxygen atoms in total. The summed E-state index contributed by atoms with van der Waals surface area (Å²) < 4.78 is 5.62. The van der Waals surface area contributed by atoms with Crippen LogP contribution in [0.15, 0.2) is 24.3 Å². The Hall–Kier alpha value is -0.770. The second-order valence-corrected chi connectivity index (χ2v) is 4.58. The third-order valence-corrected chi connectivity index (χ3v) is 2.94. The van der Waals surface area contributed by atoms with Gasteiger partial charge in [-0.3, -0.25) is 4.90 Å². The lowest BCUT2D eigenvalue weighted by Gasteiger charge is -2.20. The molecule has 96 valence electrons. The molecule has 1 aliphatic rings. The fourth-order valence-corrected chi connectivity index (χ4v) is 2.20. The van der Waals surface area contributed by atoms with Gasteiger partial charge in [-0.25, -0.2) is 0 Å². The number of anilines is 1. The maximum absolute atomic E-state index is 5.75. The van der Waals surface area contributed by atoms with Gasteiger partial charge in [-0.1, -0.05) is 12.1 Å². The van der Waals surface area contributed by atoms with Crippen LogP contribution < -0.4 is 5.73 Å². The van der Waals surface area contributed by atoms with Crippen molar-refractivity contribution in [2.24, 2.45) is 0 Å². The van der Waals surface area contributed by atoms with E-state index in [1.807, 2.05) is 18.2 Å². The SMILES string of the molecule is CN(Cc1cccc(N)c1)CC1CCCO1.Cl. The highest BCUT2D eigenvalue weighted by Gasteiger charge is 2.17. The van der Waals surface area contributed by atoms with Gasteiger partial charge in [0.2, 0.25) is 0 Å². The Kier molecular flexibility index (Phi) is 5.75. The third-order valence-electron chi connectivity index (χ3n) is 2.94. The van der Waals surface area contributed by atoms with Crippen molar-refractivity contribution in [3.8, 4) is 0 Å². The number of nitrogens with zero attached hydrogens (tertiary/aromatic N) is 1. The summed E-state index contributed by atoms with van der Waals surface area (Å²) in [6.07, 6.45) is 2.82. The van der Waals surface area contributed by atoms with E-state index in [0.717, 1.165) is 25.4 Å². The van der Waals surface area contributed by atoms with Gasteiger partial charge in [0.1, 0.15) is 0 Å². The number of hydrogen-bond acceptors (Lipinski definition) is 3. The van der Waals surface area contributed by atoms with Crippen LogP contribution in [0.5, 0.6) is 0 Å². The monoisotopic (exact) mass is 256 g/mol. The normalized spacial score (nSPS) is 19.3. The number of halogens is 1. The van der Waals surface area contributed by atoms with E-state index in [0.29, 0.717) is 6.10 Å². The molecule has 4 heteroatoms. The van der Waals surface area contributed by atoms with Crippen LogP contribution in [-0.4, -0.2) is 31.2 Å². The van der Waals surface area contributed by atoms with Crippen LogP contribution in [0.25, 0.3) is 0 Å². The van der Waals surface area contributed by atoms with Gasteiger partial charge >= 0.3 is 0 Å². The lowest BCUT2D eigenvalue weighted by atomic mass is 10.2. The van der Waals surface area contributed by atoms with Crippen LogP contribution in [0.2, 0.25) is 0 Å². The van der Waals surface area contributed by atoms with Crippen LogP contribution >= 0.6 is 12.4 Å². The van der Waals surface area contributed by atoms with Gasteiger partial charge in [-0.05, 0) is 37.6 Å². The third kappa shape index (κ3) is 4.54. The van der Waals surface area contributed by atoms with Gasteiger partial charge in [0.25, 0.3) is 0 Å². The summed E-state index contributed by atoms with van der Waals surface area (Å²) in [5.74, 6) is 0. The highest BCUT2D eigenvalue weighted by atomic mass is 35.5. The lowest BCUT2D eigenvalue weighted by Crippen LogP contribution is -2.28. The van der Waals surface area contributed by atoms with Crippen molar-refractivity contribution in [3.63, 3.8) is 0 Å². The summed E-state index contributed by atoms with van der Waals surface area (Å²) in [6.45, 7) is 2.87. The quantitative estimate of drug-likeness (QED) is 0.841. The number of benzene rings is 1. The van der Waals surface area contributed by atoms with E-state index in [-0.39, 0.29) is 12.4 Å². The summed E-state index contributed by atoms with van der Waals surface area (Å²) in [7, 11) is 2.13. The zero-order valence-electron chi connectivity index (χ0n) is 10.3. The first-order valence-corrected chi connectivity index (χ1v) is 5.88. The summed E-state index contributed by atoms with van der Waals surface area (Å²) in [6, 6.07) is 8.07.